The molecule has 2 N–H and O–H groups in total. The van der Waals surface area contributed by atoms with Gasteiger partial charge in [-0.2, -0.15) is 0 Å². The van der Waals surface area contributed by atoms with E-state index in [2.05, 4.69) is 12.2 Å². The van der Waals surface area contributed by atoms with E-state index in [4.69, 9.17) is 0 Å². The molecule has 2 aliphatic carbocycles. The van der Waals surface area contributed by atoms with Gasteiger partial charge in [-0.1, -0.05) is 53.5 Å². The zero-order valence-corrected chi connectivity index (χ0v) is 28.0. The summed E-state index contributed by atoms with van der Waals surface area (Å²) in [5.74, 6) is -5.20. The number of hydrogen-bond donors (Lipinski definition) is 2. The molecule has 5 atom stereocenters. The van der Waals surface area contributed by atoms with Crippen molar-refractivity contribution in [3.63, 3.8) is 0 Å². The number of phenolic OH excluding ortho intramolecular Hbond substituents is 2. The fraction of sp³-hybridized carbons (Fsp3) is 0.526. The van der Waals surface area contributed by atoms with Crippen molar-refractivity contribution in [2.75, 3.05) is 0 Å². The van der Waals surface area contributed by atoms with Crippen LogP contribution in [0, 0.1) is 28.1 Å². The highest BCUT2D eigenvalue weighted by atomic mass is 16.3. The van der Waals surface area contributed by atoms with Gasteiger partial charge in [0.25, 0.3) is 0 Å². The fourth-order valence-corrected chi connectivity index (χ4v) is 7.32. The molecule has 2 bridgehead atoms. The van der Waals surface area contributed by atoms with Crippen LogP contribution in [0.15, 0.2) is 64.8 Å². The second-order valence-corrected chi connectivity index (χ2v) is 14.2. The molecule has 1 aromatic rings. The monoisotopic (exact) mass is 602 g/mol. The summed E-state index contributed by atoms with van der Waals surface area (Å²) in [5, 5.41) is 20.1. The van der Waals surface area contributed by atoms with E-state index in [9.17, 15) is 19.8 Å². The van der Waals surface area contributed by atoms with Gasteiger partial charge >= 0.3 is 0 Å². The van der Waals surface area contributed by atoms with Gasteiger partial charge in [0.1, 0.15) is 5.92 Å². The smallest absolute Gasteiger partial charge is 0.181 e. The average molecular weight is 603 g/mol. The van der Waals surface area contributed by atoms with E-state index >= 15 is 9.59 Å². The minimum Gasteiger partial charge on any atom is -0.504 e. The van der Waals surface area contributed by atoms with Crippen molar-refractivity contribution in [1.29, 1.82) is 0 Å². The zero-order chi connectivity index (χ0) is 33.2. The van der Waals surface area contributed by atoms with Gasteiger partial charge in [-0.05, 0) is 123 Å². The molecular weight excluding hydrogens is 552 g/mol. The molecule has 3 rings (SSSR count). The third kappa shape index (κ3) is 6.18. The number of benzene rings is 1. The highest BCUT2D eigenvalue weighted by molar-refractivity contribution is 6.38. The Labute approximate surface area is 263 Å². The molecule has 0 heterocycles. The SMILES string of the molecule is CC(C)=CCC[C@@]1(C)[C@H](CC=C(C)C)C[C@@]2(CC=C(C)C)C(=O)C(C(=O)c3ccc(O)c(O)c3)C(=O)[C@]1(CC=C(C)C)C2=O. The minimum atomic E-state index is -1.69. The molecule has 1 unspecified atom stereocenters. The Balaban J connectivity index is 2.43. The average Bonchev–Trinajstić information content (AvgIpc) is 2.92. The third-order valence-electron chi connectivity index (χ3n) is 9.93. The van der Waals surface area contributed by atoms with Gasteiger partial charge in [0.2, 0.25) is 0 Å². The maximum atomic E-state index is 15.2. The standard InChI is InChI=1S/C38H50O6/c1-23(2)11-10-18-36(9)28(14-12-24(3)4)22-37(19-16-25(5)6)33(42)31(32(41)27-13-15-29(39)30(40)21-27)34(43)38(36,35(37)44)20-17-26(7)8/h11-13,15-17,21,28,31,39-40H,10,14,18-20,22H2,1-9H3/t28-,31?,36+,37+,38-/m1/s1. The van der Waals surface area contributed by atoms with Crippen LogP contribution in [-0.4, -0.2) is 33.3 Å². The number of allylic oxidation sites excluding steroid dienone is 8. The summed E-state index contributed by atoms with van der Waals surface area (Å²) < 4.78 is 0. The lowest BCUT2D eigenvalue weighted by atomic mass is 9.36. The number of phenols is 2. The molecule has 6 nitrogen and oxygen atoms in total. The molecule has 2 aliphatic rings. The molecule has 6 heteroatoms. The van der Waals surface area contributed by atoms with Gasteiger partial charge in [-0.25, -0.2) is 0 Å². The molecule has 0 spiro atoms. The number of fused-ring (bicyclic) bond motifs is 2. The van der Waals surface area contributed by atoms with E-state index in [0.717, 1.165) is 28.4 Å². The highest BCUT2D eigenvalue weighted by Crippen LogP contribution is 2.67. The second-order valence-electron chi connectivity index (χ2n) is 14.2. The van der Waals surface area contributed by atoms with Gasteiger partial charge in [0.15, 0.2) is 34.6 Å². The molecule has 0 radical (unpaired) electrons. The molecular formula is C38H50O6. The Morgan fingerprint density at radius 3 is 1.91 bits per heavy atom. The lowest BCUT2D eigenvalue weighted by Crippen LogP contribution is -2.72. The van der Waals surface area contributed by atoms with Gasteiger partial charge in [-0.15, -0.1) is 0 Å². The first kappa shape index (κ1) is 34.9. The van der Waals surface area contributed by atoms with Crippen LogP contribution < -0.4 is 0 Å². The summed E-state index contributed by atoms with van der Waals surface area (Å²) in [4.78, 5) is 59.2. The first-order valence-electron chi connectivity index (χ1n) is 15.7. The molecule has 44 heavy (non-hydrogen) atoms. The van der Waals surface area contributed by atoms with Crippen LogP contribution in [0.1, 0.15) is 111 Å². The molecule has 238 valence electrons. The van der Waals surface area contributed by atoms with E-state index in [1.807, 2.05) is 74.5 Å². The zero-order valence-electron chi connectivity index (χ0n) is 28.0. The molecule has 2 fully saturated rings. The largest absolute Gasteiger partial charge is 0.504 e. The molecule has 1 aromatic carbocycles. The Morgan fingerprint density at radius 2 is 1.36 bits per heavy atom. The number of carbonyl (C=O) groups is 4. The van der Waals surface area contributed by atoms with Gasteiger partial charge in [-0.3, -0.25) is 19.2 Å². The summed E-state index contributed by atoms with van der Waals surface area (Å²) in [6, 6.07) is 3.56. The molecule has 2 saturated carbocycles. The lowest BCUT2D eigenvalue weighted by molar-refractivity contribution is -0.185. The maximum absolute atomic E-state index is 15.2. The topological polar surface area (TPSA) is 109 Å². The third-order valence-corrected chi connectivity index (χ3v) is 9.93. The summed E-state index contributed by atoms with van der Waals surface area (Å²) >= 11 is 0. The van der Waals surface area contributed by atoms with E-state index in [1.165, 1.54) is 12.1 Å². The van der Waals surface area contributed by atoms with Crippen molar-refractivity contribution in [3.8, 4) is 11.5 Å². The van der Waals surface area contributed by atoms with Gasteiger partial charge in [0.05, 0.1) is 10.8 Å². The van der Waals surface area contributed by atoms with Crippen LogP contribution in [0.5, 0.6) is 11.5 Å². The highest BCUT2D eigenvalue weighted by Gasteiger charge is 2.75. The summed E-state index contributed by atoms with van der Waals surface area (Å²) in [6.45, 7) is 17.8. The maximum Gasteiger partial charge on any atom is 0.181 e. The quantitative estimate of drug-likeness (QED) is 0.114. The van der Waals surface area contributed by atoms with Crippen LogP contribution in [0.2, 0.25) is 0 Å². The van der Waals surface area contributed by atoms with Crippen LogP contribution in [-0.2, 0) is 14.4 Å². The fourth-order valence-electron chi connectivity index (χ4n) is 7.32. The van der Waals surface area contributed by atoms with Crippen LogP contribution in [0.3, 0.4) is 0 Å². The number of hydrogen-bond acceptors (Lipinski definition) is 6. The van der Waals surface area contributed by atoms with Crippen molar-refractivity contribution in [3.05, 3.63) is 70.4 Å². The number of Topliss-reactive ketones (excluding diaryl/α,β-unsaturated/α-hetero) is 4. The van der Waals surface area contributed by atoms with Gasteiger partial charge in [0, 0.05) is 5.56 Å². The van der Waals surface area contributed by atoms with Crippen molar-refractivity contribution in [2.24, 2.45) is 28.1 Å². The van der Waals surface area contributed by atoms with E-state index in [-0.39, 0.29) is 36.5 Å². The van der Waals surface area contributed by atoms with E-state index < -0.39 is 51.0 Å². The molecule has 0 saturated heterocycles. The van der Waals surface area contributed by atoms with Crippen LogP contribution in [0.25, 0.3) is 0 Å². The molecule has 0 aliphatic heterocycles. The van der Waals surface area contributed by atoms with E-state index in [1.54, 1.807) is 0 Å². The van der Waals surface area contributed by atoms with Gasteiger partial charge < -0.3 is 10.2 Å². The van der Waals surface area contributed by atoms with Crippen LogP contribution in [0.4, 0.5) is 0 Å². The first-order valence-corrected chi connectivity index (χ1v) is 15.7. The normalized spacial score (nSPS) is 27.8. The Kier molecular flexibility index (Phi) is 10.5. The van der Waals surface area contributed by atoms with Crippen LogP contribution >= 0.6 is 0 Å². The lowest BCUT2D eigenvalue weighted by Gasteiger charge is -2.62. The summed E-state index contributed by atoms with van der Waals surface area (Å²) in [6.07, 6.45) is 10.3. The molecule has 0 aromatic heterocycles. The first-order chi connectivity index (χ1) is 20.4. The Morgan fingerprint density at radius 1 is 0.795 bits per heavy atom. The molecule has 0 amide bonds. The number of rotatable bonds is 11. The minimum absolute atomic E-state index is 0.0542. The number of ketones is 4. The summed E-state index contributed by atoms with van der Waals surface area (Å²) in [7, 11) is 0. The van der Waals surface area contributed by atoms with Crippen molar-refractivity contribution in [2.45, 2.75) is 101 Å². The number of aromatic hydroxyl groups is 2. The second kappa shape index (κ2) is 13.2. The van der Waals surface area contributed by atoms with E-state index in [0.29, 0.717) is 19.3 Å². The predicted molar refractivity (Wildman–Crippen MR) is 175 cm³/mol. The van der Waals surface area contributed by atoms with Crippen molar-refractivity contribution in [1.82, 2.24) is 0 Å². The van der Waals surface area contributed by atoms with Crippen molar-refractivity contribution >= 4 is 23.1 Å². The Hall–Kier alpha value is -3.54. The predicted octanol–water partition coefficient (Wildman–Crippen LogP) is 8.43. The number of carbonyl (C=O) groups excluding carboxylic acids is 4. The van der Waals surface area contributed by atoms with Crippen molar-refractivity contribution < 1.29 is 29.4 Å². The summed E-state index contributed by atoms with van der Waals surface area (Å²) in [5.41, 5.74) is 0.0761. The Bertz CT molecular complexity index is 1460.